The van der Waals surface area contributed by atoms with Crippen LogP contribution in [0.1, 0.15) is 10.4 Å². The maximum absolute atomic E-state index is 12.3. The number of hydrogen-bond donors (Lipinski definition) is 1. The summed E-state index contributed by atoms with van der Waals surface area (Å²) in [6.07, 6.45) is 1.11. The second-order valence-electron chi connectivity index (χ2n) is 5.55. The predicted octanol–water partition coefficient (Wildman–Crippen LogP) is -2.37. The van der Waals surface area contributed by atoms with E-state index in [2.05, 4.69) is 10.1 Å². The number of hydrogen-bond acceptors (Lipinski definition) is 5. The van der Waals surface area contributed by atoms with E-state index in [1.807, 2.05) is 6.07 Å². The van der Waals surface area contributed by atoms with Crippen LogP contribution in [-0.2, 0) is 16.6 Å². The molecule has 0 radical (unpaired) electrons. The molecular formula is C17H20IN3O5. The molecule has 0 aliphatic carbocycles. The van der Waals surface area contributed by atoms with Gasteiger partial charge in [0.2, 0.25) is 5.52 Å². The minimum atomic E-state index is -0.542. The molecule has 140 valence electrons. The number of pyridine rings is 1. The highest BCUT2D eigenvalue weighted by Crippen LogP contribution is 2.24. The van der Waals surface area contributed by atoms with Gasteiger partial charge < -0.3 is 43.7 Å². The molecule has 2 amide bonds. The number of fused-ring (bicyclic) bond motifs is 1. The predicted molar refractivity (Wildman–Crippen MR) is 89.2 cm³/mol. The molecule has 8 nitrogen and oxygen atoms in total. The Labute approximate surface area is 168 Å². The Morgan fingerprint density at radius 2 is 1.92 bits per heavy atom. The van der Waals surface area contributed by atoms with Crippen LogP contribution < -0.4 is 38.6 Å². The number of halogens is 1. The molecule has 0 saturated heterocycles. The lowest BCUT2D eigenvalue weighted by Gasteiger charge is -2.12. The largest absolute Gasteiger partial charge is 1.00 e. The van der Waals surface area contributed by atoms with E-state index in [1.165, 1.54) is 12.0 Å². The van der Waals surface area contributed by atoms with Crippen LogP contribution in [-0.4, -0.2) is 50.6 Å². The van der Waals surface area contributed by atoms with Crippen LogP contribution in [0.4, 0.5) is 4.79 Å². The number of carbonyl (C=O) groups is 3. The third-order valence-electron chi connectivity index (χ3n) is 3.50. The van der Waals surface area contributed by atoms with Gasteiger partial charge in [0.25, 0.3) is 5.91 Å². The van der Waals surface area contributed by atoms with E-state index in [-0.39, 0.29) is 30.5 Å². The number of carbonyl (C=O) groups excluding carboxylic acids is 3. The molecule has 1 aromatic carbocycles. The smallest absolute Gasteiger partial charge is 0.414 e. The molecule has 0 bridgehead atoms. The first-order valence-corrected chi connectivity index (χ1v) is 7.50. The number of esters is 1. The number of ether oxygens (including phenoxy) is 2. The van der Waals surface area contributed by atoms with E-state index in [4.69, 9.17) is 4.74 Å². The number of nitrogens with zero attached hydrogens (tertiary/aromatic N) is 2. The third-order valence-corrected chi connectivity index (χ3v) is 3.50. The molecule has 0 aliphatic rings. The number of methoxy groups -OCH3 is 1. The van der Waals surface area contributed by atoms with Gasteiger partial charge in [-0.05, 0) is 12.1 Å². The summed E-state index contributed by atoms with van der Waals surface area (Å²) in [7, 11) is 6.19. The fraction of sp³-hybridized carbons (Fsp3) is 0.294. The highest BCUT2D eigenvalue weighted by molar-refractivity contribution is 5.99. The Bertz CT molecular complexity index is 839. The van der Waals surface area contributed by atoms with Gasteiger partial charge in [0.1, 0.15) is 24.9 Å². The van der Waals surface area contributed by atoms with Crippen LogP contribution >= 0.6 is 0 Å². The summed E-state index contributed by atoms with van der Waals surface area (Å²) < 4.78 is 11.6. The van der Waals surface area contributed by atoms with Crippen molar-refractivity contribution in [1.29, 1.82) is 0 Å². The number of benzene rings is 1. The monoisotopic (exact) mass is 473 g/mol. The second kappa shape index (κ2) is 9.32. The van der Waals surface area contributed by atoms with Crippen molar-refractivity contribution in [3.8, 4) is 5.75 Å². The fourth-order valence-electron chi connectivity index (χ4n) is 2.18. The summed E-state index contributed by atoms with van der Waals surface area (Å²) >= 11 is 0. The van der Waals surface area contributed by atoms with Crippen LogP contribution in [0.3, 0.4) is 0 Å². The zero-order valence-corrected chi connectivity index (χ0v) is 17.1. The molecule has 0 spiro atoms. The Balaban J connectivity index is 0.00000338. The van der Waals surface area contributed by atoms with Gasteiger partial charge in [0.15, 0.2) is 6.20 Å². The maximum atomic E-state index is 12.3. The number of amides is 2. The minimum absolute atomic E-state index is 0. The average molecular weight is 473 g/mol. The van der Waals surface area contributed by atoms with Crippen molar-refractivity contribution in [2.75, 3.05) is 27.7 Å². The van der Waals surface area contributed by atoms with Crippen LogP contribution in [0.15, 0.2) is 30.5 Å². The molecule has 0 unspecified atom stereocenters. The molecule has 0 aliphatic heterocycles. The third kappa shape index (κ3) is 5.04. The van der Waals surface area contributed by atoms with E-state index in [0.717, 1.165) is 5.52 Å². The second-order valence-corrected chi connectivity index (χ2v) is 5.55. The lowest BCUT2D eigenvalue weighted by atomic mass is 10.1. The zero-order chi connectivity index (χ0) is 18.6. The zero-order valence-electron chi connectivity index (χ0n) is 14.9. The molecule has 26 heavy (non-hydrogen) atoms. The minimum Gasteiger partial charge on any atom is -1.00 e. The summed E-state index contributed by atoms with van der Waals surface area (Å²) in [5, 5.41) is 3.08. The van der Waals surface area contributed by atoms with E-state index >= 15 is 0 Å². The highest BCUT2D eigenvalue weighted by Gasteiger charge is 2.19. The number of aromatic nitrogens is 1. The fourth-order valence-corrected chi connectivity index (χ4v) is 2.18. The molecule has 9 heteroatoms. The van der Waals surface area contributed by atoms with Gasteiger partial charge in [-0.1, -0.05) is 6.07 Å². The Kier molecular flexibility index (Phi) is 7.75. The number of rotatable bonds is 4. The molecule has 0 saturated carbocycles. The van der Waals surface area contributed by atoms with Crippen molar-refractivity contribution in [1.82, 2.24) is 10.2 Å². The Morgan fingerprint density at radius 3 is 2.54 bits per heavy atom. The Hall–Kier alpha value is -2.43. The van der Waals surface area contributed by atoms with Crippen molar-refractivity contribution in [3.05, 3.63) is 36.0 Å². The summed E-state index contributed by atoms with van der Waals surface area (Å²) in [5.41, 5.74) is 1.11. The number of aryl methyl sites for hydroxylation is 1. The quantitative estimate of drug-likeness (QED) is 0.305. The van der Waals surface area contributed by atoms with Gasteiger partial charge in [-0.25, -0.2) is 9.36 Å². The van der Waals surface area contributed by atoms with Crippen molar-refractivity contribution in [2.45, 2.75) is 0 Å². The van der Waals surface area contributed by atoms with Crippen molar-refractivity contribution >= 4 is 28.9 Å². The molecule has 2 aromatic rings. The Morgan fingerprint density at radius 1 is 1.23 bits per heavy atom. The first-order chi connectivity index (χ1) is 11.8. The number of nitrogens with one attached hydrogen (secondary N) is 1. The van der Waals surface area contributed by atoms with Crippen LogP contribution in [0.2, 0.25) is 0 Å². The maximum Gasteiger partial charge on any atom is 0.414 e. The summed E-state index contributed by atoms with van der Waals surface area (Å²) in [4.78, 5) is 36.6. The van der Waals surface area contributed by atoms with Gasteiger partial charge in [-0.3, -0.25) is 9.59 Å². The molecule has 0 fully saturated rings. The summed E-state index contributed by atoms with van der Waals surface area (Å²) in [6, 6.07) is 6.87. The SMILES string of the molecule is COC(=O)CNC(=O)c1cc2c(OC(=O)N(C)C)cccc2[n+](C)c1.[I-]. The molecule has 2 rings (SSSR count). The van der Waals surface area contributed by atoms with Crippen molar-refractivity contribution < 1.29 is 52.4 Å². The van der Waals surface area contributed by atoms with E-state index in [0.29, 0.717) is 16.7 Å². The molecule has 1 aromatic heterocycles. The van der Waals surface area contributed by atoms with Crippen LogP contribution in [0.25, 0.3) is 10.9 Å². The first-order valence-electron chi connectivity index (χ1n) is 7.50. The molecule has 1 heterocycles. The van der Waals surface area contributed by atoms with Gasteiger partial charge in [0.05, 0.1) is 12.5 Å². The standard InChI is InChI=1S/C17H19N3O5.HI/c1-19(2)17(23)25-14-7-5-6-13-12(14)8-11(10-20(13)3)16(22)18-9-15(21)24-4;/h5-8,10H,9H2,1-4H3;1H. The van der Waals surface area contributed by atoms with Crippen LogP contribution in [0.5, 0.6) is 5.75 Å². The molecule has 0 atom stereocenters. The lowest BCUT2D eigenvalue weighted by molar-refractivity contribution is -0.645. The summed E-state index contributed by atoms with van der Waals surface area (Å²) in [5.74, 6) is -0.634. The average Bonchev–Trinajstić information content (AvgIpc) is 2.59. The van der Waals surface area contributed by atoms with Gasteiger partial charge in [-0.15, -0.1) is 0 Å². The van der Waals surface area contributed by atoms with Crippen LogP contribution in [0, 0.1) is 0 Å². The van der Waals surface area contributed by atoms with Gasteiger partial charge >= 0.3 is 12.1 Å². The summed E-state index contributed by atoms with van der Waals surface area (Å²) in [6.45, 7) is -0.228. The molecule has 1 N–H and O–H groups in total. The van der Waals surface area contributed by atoms with Gasteiger partial charge in [0, 0.05) is 20.2 Å². The van der Waals surface area contributed by atoms with E-state index in [1.54, 1.807) is 50.1 Å². The van der Waals surface area contributed by atoms with Crippen molar-refractivity contribution in [2.24, 2.45) is 7.05 Å². The van der Waals surface area contributed by atoms with E-state index in [9.17, 15) is 14.4 Å². The molecular weight excluding hydrogens is 453 g/mol. The van der Waals surface area contributed by atoms with Gasteiger partial charge in [-0.2, -0.15) is 0 Å². The van der Waals surface area contributed by atoms with E-state index < -0.39 is 18.0 Å². The lowest BCUT2D eigenvalue weighted by Crippen LogP contribution is -3.00. The topological polar surface area (TPSA) is 88.8 Å². The van der Waals surface area contributed by atoms with Crippen molar-refractivity contribution in [3.63, 3.8) is 0 Å². The normalized spacial score (nSPS) is 9.85. The first kappa shape index (κ1) is 21.6. The highest BCUT2D eigenvalue weighted by atomic mass is 127.